The van der Waals surface area contributed by atoms with Crippen molar-refractivity contribution in [3.63, 3.8) is 0 Å². The molecule has 0 aliphatic rings. The molecule has 0 atom stereocenters. The molecule has 0 amide bonds. The third-order valence-corrected chi connectivity index (χ3v) is 4.97. The van der Waals surface area contributed by atoms with Crippen molar-refractivity contribution in [2.75, 3.05) is 18.1 Å². The van der Waals surface area contributed by atoms with Crippen LogP contribution in [0.15, 0.2) is 18.2 Å². The van der Waals surface area contributed by atoms with Gasteiger partial charge >= 0.3 is 0 Å². The van der Waals surface area contributed by atoms with Gasteiger partial charge in [0.1, 0.15) is 12.4 Å². The van der Waals surface area contributed by atoms with E-state index in [-0.39, 0.29) is 18.1 Å². The van der Waals surface area contributed by atoms with Crippen LogP contribution in [0.3, 0.4) is 0 Å². The zero-order valence-electron chi connectivity index (χ0n) is 13.5. The van der Waals surface area contributed by atoms with E-state index >= 15 is 0 Å². The molecule has 0 spiro atoms. The average molecular weight is 313 g/mol. The fraction of sp³-hybridized carbons (Fsp3) is 0.625. The predicted molar refractivity (Wildman–Crippen MR) is 87.6 cm³/mol. The van der Waals surface area contributed by atoms with Crippen molar-refractivity contribution in [3.05, 3.63) is 29.3 Å². The van der Waals surface area contributed by atoms with E-state index in [9.17, 15) is 8.42 Å². The van der Waals surface area contributed by atoms with Gasteiger partial charge in [0.2, 0.25) is 0 Å². The highest BCUT2D eigenvalue weighted by Crippen LogP contribution is 2.23. The molecule has 0 radical (unpaired) electrons. The summed E-state index contributed by atoms with van der Waals surface area (Å²) in [6.07, 6.45) is 0.649. The van der Waals surface area contributed by atoms with E-state index in [1.165, 1.54) is 0 Å². The van der Waals surface area contributed by atoms with E-state index in [1.54, 1.807) is 0 Å². The summed E-state index contributed by atoms with van der Waals surface area (Å²) in [5.74, 6) is 1.11. The first-order valence-corrected chi connectivity index (χ1v) is 9.33. The molecule has 0 aliphatic heterocycles. The summed E-state index contributed by atoms with van der Waals surface area (Å²) in [5.41, 5.74) is 2.10. The standard InChI is InChI=1S/C16H27NO3S/c1-5-10-21(18,19)11-9-20-16-14(4)7-6-8-15(16)12-17-13(2)3/h6-8,13,17H,5,9-12H2,1-4H3. The van der Waals surface area contributed by atoms with E-state index in [0.29, 0.717) is 12.5 Å². The smallest absolute Gasteiger partial charge is 0.153 e. The zero-order chi connectivity index (χ0) is 15.9. The molecule has 0 heterocycles. The Morgan fingerprint density at radius 3 is 2.57 bits per heavy atom. The molecule has 21 heavy (non-hydrogen) atoms. The minimum absolute atomic E-state index is 0.0756. The van der Waals surface area contributed by atoms with Gasteiger partial charge in [0.15, 0.2) is 9.84 Å². The lowest BCUT2D eigenvalue weighted by molar-refractivity contribution is 0.333. The minimum Gasteiger partial charge on any atom is -0.492 e. The molecule has 0 unspecified atom stereocenters. The molecule has 1 N–H and O–H groups in total. The number of hydrogen-bond donors (Lipinski definition) is 1. The van der Waals surface area contributed by atoms with E-state index < -0.39 is 9.84 Å². The summed E-state index contributed by atoms with van der Waals surface area (Å²) in [7, 11) is -2.99. The van der Waals surface area contributed by atoms with Crippen LogP contribution in [0.2, 0.25) is 0 Å². The number of benzene rings is 1. The van der Waals surface area contributed by atoms with Crippen molar-refractivity contribution < 1.29 is 13.2 Å². The molecule has 0 fully saturated rings. The average Bonchev–Trinajstić information content (AvgIpc) is 2.38. The molecule has 1 aromatic rings. The van der Waals surface area contributed by atoms with Crippen molar-refractivity contribution in [1.82, 2.24) is 5.32 Å². The Hall–Kier alpha value is -1.07. The molecule has 0 bridgehead atoms. The van der Waals surface area contributed by atoms with Crippen LogP contribution >= 0.6 is 0 Å². The van der Waals surface area contributed by atoms with Crippen LogP contribution in [-0.2, 0) is 16.4 Å². The molecule has 4 nitrogen and oxygen atoms in total. The van der Waals surface area contributed by atoms with Crippen LogP contribution in [0.25, 0.3) is 0 Å². The Kier molecular flexibility index (Phi) is 7.18. The minimum atomic E-state index is -2.99. The highest BCUT2D eigenvalue weighted by molar-refractivity contribution is 7.91. The van der Waals surface area contributed by atoms with Gasteiger partial charge in [-0.2, -0.15) is 0 Å². The first-order valence-electron chi connectivity index (χ1n) is 7.51. The Bertz CT molecular complexity index is 538. The van der Waals surface area contributed by atoms with Crippen LogP contribution in [0.1, 0.15) is 38.3 Å². The number of rotatable bonds is 9. The molecular formula is C16H27NO3S. The Morgan fingerprint density at radius 2 is 1.95 bits per heavy atom. The fourth-order valence-electron chi connectivity index (χ4n) is 2.06. The van der Waals surface area contributed by atoms with Gasteiger partial charge in [-0.25, -0.2) is 8.42 Å². The number of para-hydroxylation sites is 1. The number of sulfone groups is 1. The van der Waals surface area contributed by atoms with Gasteiger partial charge < -0.3 is 10.1 Å². The Morgan fingerprint density at radius 1 is 1.24 bits per heavy atom. The first kappa shape index (κ1) is 18.0. The normalized spacial score (nSPS) is 11.9. The maximum absolute atomic E-state index is 11.7. The summed E-state index contributed by atoms with van der Waals surface area (Å²) >= 11 is 0. The lowest BCUT2D eigenvalue weighted by Crippen LogP contribution is -2.23. The Balaban J connectivity index is 2.69. The van der Waals surface area contributed by atoms with Crippen molar-refractivity contribution in [1.29, 1.82) is 0 Å². The lowest BCUT2D eigenvalue weighted by atomic mass is 10.1. The largest absolute Gasteiger partial charge is 0.492 e. The zero-order valence-corrected chi connectivity index (χ0v) is 14.3. The molecule has 0 aromatic heterocycles. The molecule has 1 aromatic carbocycles. The van der Waals surface area contributed by atoms with E-state index in [2.05, 4.69) is 19.2 Å². The first-order chi connectivity index (χ1) is 9.85. The van der Waals surface area contributed by atoms with E-state index in [4.69, 9.17) is 4.74 Å². The van der Waals surface area contributed by atoms with Gasteiger partial charge in [-0.05, 0) is 18.9 Å². The third kappa shape index (κ3) is 6.48. The van der Waals surface area contributed by atoms with Crippen molar-refractivity contribution in [3.8, 4) is 5.75 Å². The van der Waals surface area contributed by atoms with Crippen LogP contribution in [0.4, 0.5) is 0 Å². The van der Waals surface area contributed by atoms with Crippen molar-refractivity contribution in [2.24, 2.45) is 0 Å². The number of ether oxygens (including phenoxy) is 1. The van der Waals surface area contributed by atoms with Crippen LogP contribution in [0, 0.1) is 6.92 Å². The Labute approximate surface area is 128 Å². The topological polar surface area (TPSA) is 55.4 Å². The third-order valence-electron chi connectivity index (χ3n) is 3.15. The summed E-state index contributed by atoms with van der Waals surface area (Å²) in [6, 6.07) is 6.38. The van der Waals surface area contributed by atoms with Gasteiger partial charge in [-0.1, -0.05) is 39.0 Å². The molecular weight excluding hydrogens is 286 g/mol. The quantitative estimate of drug-likeness (QED) is 0.761. The van der Waals surface area contributed by atoms with Crippen LogP contribution < -0.4 is 10.1 Å². The summed E-state index contributed by atoms with van der Waals surface area (Å²) in [4.78, 5) is 0. The summed E-state index contributed by atoms with van der Waals surface area (Å²) in [6.45, 7) is 8.96. The second-order valence-corrected chi connectivity index (χ2v) is 7.90. The molecule has 5 heteroatoms. The molecule has 120 valence electrons. The lowest BCUT2D eigenvalue weighted by Gasteiger charge is -2.16. The monoisotopic (exact) mass is 313 g/mol. The van der Waals surface area contributed by atoms with Crippen LogP contribution in [-0.4, -0.2) is 32.6 Å². The van der Waals surface area contributed by atoms with Crippen LogP contribution in [0.5, 0.6) is 5.75 Å². The highest BCUT2D eigenvalue weighted by atomic mass is 32.2. The summed E-state index contributed by atoms with van der Waals surface area (Å²) in [5, 5.41) is 3.36. The number of aryl methyl sites for hydroxylation is 1. The van der Waals surface area contributed by atoms with Gasteiger partial charge in [0.05, 0.1) is 11.5 Å². The maximum Gasteiger partial charge on any atom is 0.153 e. The van der Waals surface area contributed by atoms with Crippen molar-refractivity contribution >= 4 is 9.84 Å². The summed E-state index contributed by atoms with van der Waals surface area (Å²) < 4.78 is 29.2. The fourth-order valence-corrected chi connectivity index (χ4v) is 3.22. The predicted octanol–water partition coefficient (Wildman–Crippen LogP) is 2.70. The molecule has 1 rings (SSSR count). The maximum atomic E-state index is 11.7. The van der Waals surface area contributed by atoms with Gasteiger partial charge in [0.25, 0.3) is 0 Å². The van der Waals surface area contributed by atoms with E-state index in [0.717, 1.165) is 23.4 Å². The second kappa shape index (κ2) is 8.39. The SMILES string of the molecule is CCCS(=O)(=O)CCOc1c(C)cccc1CNC(C)C. The van der Waals surface area contributed by atoms with Gasteiger partial charge in [0, 0.05) is 18.2 Å². The molecule has 0 saturated carbocycles. The second-order valence-electron chi connectivity index (χ2n) is 5.60. The van der Waals surface area contributed by atoms with Gasteiger partial charge in [-0.3, -0.25) is 0 Å². The number of hydrogen-bond acceptors (Lipinski definition) is 4. The molecule has 0 saturated heterocycles. The van der Waals surface area contributed by atoms with Gasteiger partial charge in [-0.15, -0.1) is 0 Å². The van der Waals surface area contributed by atoms with E-state index in [1.807, 2.05) is 32.0 Å². The number of nitrogens with one attached hydrogen (secondary N) is 1. The highest BCUT2D eigenvalue weighted by Gasteiger charge is 2.12. The van der Waals surface area contributed by atoms with Crippen molar-refractivity contribution in [2.45, 2.75) is 46.7 Å². The molecule has 0 aliphatic carbocycles.